The van der Waals surface area contributed by atoms with E-state index in [2.05, 4.69) is 5.10 Å². The van der Waals surface area contributed by atoms with Crippen LogP contribution >= 0.6 is 11.8 Å². The van der Waals surface area contributed by atoms with Gasteiger partial charge in [-0.25, -0.2) is 18.2 Å². The third-order valence-corrected chi connectivity index (χ3v) is 5.50. The molecule has 142 valence electrons. The molecule has 0 aliphatic carbocycles. The van der Waals surface area contributed by atoms with E-state index in [0.717, 1.165) is 16.4 Å². The molecule has 0 spiro atoms. The van der Waals surface area contributed by atoms with Gasteiger partial charge in [-0.1, -0.05) is 30.3 Å². The highest BCUT2D eigenvalue weighted by Crippen LogP contribution is 2.42. The molecule has 2 aromatic carbocycles. The molecule has 0 saturated heterocycles. The second-order valence-electron chi connectivity index (χ2n) is 5.54. The molecule has 0 atom stereocenters. The Bertz CT molecular complexity index is 1060. The van der Waals surface area contributed by atoms with Crippen molar-refractivity contribution in [2.45, 2.75) is 16.0 Å². The lowest BCUT2D eigenvalue weighted by Crippen LogP contribution is -2.12. The van der Waals surface area contributed by atoms with E-state index in [-0.39, 0.29) is 21.2 Å². The Balaban J connectivity index is 2.27. The van der Waals surface area contributed by atoms with Gasteiger partial charge in [0, 0.05) is 5.56 Å². The van der Waals surface area contributed by atoms with Crippen molar-refractivity contribution in [2.75, 3.05) is 6.26 Å². The summed E-state index contributed by atoms with van der Waals surface area (Å²) in [5, 5.41) is 8.85. The average molecular weight is 413 g/mol. The minimum Gasteiger partial charge on any atom is -0.231 e. The van der Waals surface area contributed by atoms with E-state index in [0.29, 0.717) is 5.56 Å². The van der Waals surface area contributed by atoms with Crippen LogP contribution in [0.4, 0.5) is 13.2 Å². The van der Waals surface area contributed by atoms with Crippen LogP contribution in [0.2, 0.25) is 0 Å². The fourth-order valence-electron chi connectivity index (χ4n) is 2.60. The normalized spacial score (nSPS) is 12.3. The van der Waals surface area contributed by atoms with Crippen molar-refractivity contribution in [1.29, 1.82) is 0 Å². The first-order valence-corrected chi connectivity index (χ1v) is 10.3. The van der Waals surface area contributed by atoms with Gasteiger partial charge in [0.05, 0.1) is 21.2 Å². The number of primary sulfonamides is 1. The summed E-state index contributed by atoms with van der Waals surface area (Å²) in [5.41, 5.74) is 0.121. The summed E-state index contributed by atoms with van der Waals surface area (Å²) in [6.45, 7) is 0. The summed E-state index contributed by atoms with van der Waals surface area (Å²) in [7, 11) is -3.91. The van der Waals surface area contributed by atoms with Crippen molar-refractivity contribution in [1.82, 2.24) is 9.78 Å². The molecule has 0 unspecified atom stereocenters. The van der Waals surface area contributed by atoms with Crippen LogP contribution in [-0.4, -0.2) is 24.5 Å². The Labute approximate surface area is 158 Å². The van der Waals surface area contributed by atoms with Gasteiger partial charge >= 0.3 is 6.18 Å². The van der Waals surface area contributed by atoms with Crippen molar-refractivity contribution in [3.05, 3.63) is 60.3 Å². The number of alkyl halides is 3. The Morgan fingerprint density at radius 2 is 1.63 bits per heavy atom. The van der Waals surface area contributed by atoms with Crippen LogP contribution in [0.15, 0.2) is 64.4 Å². The van der Waals surface area contributed by atoms with Gasteiger partial charge < -0.3 is 0 Å². The highest BCUT2D eigenvalue weighted by Gasteiger charge is 2.39. The Morgan fingerprint density at radius 3 is 2.11 bits per heavy atom. The first kappa shape index (κ1) is 19.5. The summed E-state index contributed by atoms with van der Waals surface area (Å²) in [6, 6.07) is 13.8. The van der Waals surface area contributed by atoms with E-state index in [4.69, 9.17) is 5.14 Å². The molecular weight excluding hydrogens is 399 g/mol. The second kappa shape index (κ2) is 7.02. The van der Waals surface area contributed by atoms with Gasteiger partial charge in [-0.2, -0.15) is 18.3 Å². The molecule has 3 rings (SSSR count). The van der Waals surface area contributed by atoms with Crippen LogP contribution in [0.1, 0.15) is 5.69 Å². The Morgan fingerprint density at radius 1 is 1.04 bits per heavy atom. The lowest BCUT2D eigenvalue weighted by molar-refractivity contribution is -0.143. The minimum absolute atomic E-state index is 0.00998. The SMILES string of the molecule is CSc1c(C(F)(F)F)nn(-c2ccc(S(N)(=O)=O)cc2)c1-c1ccccc1. The van der Waals surface area contributed by atoms with Crippen LogP contribution in [0.25, 0.3) is 16.9 Å². The first-order valence-electron chi connectivity index (χ1n) is 7.56. The molecule has 2 N–H and O–H groups in total. The van der Waals surface area contributed by atoms with Crippen LogP contribution in [0.5, 0.6) is 0 Å². The maximum Gasteiger partial charge on any atom is 0.436 e. The van der Waals surface area contributed by atoms with E-state index in [1.807, 2.05) is 0 Å². The summed E-state index contributed by atoms with van der Waals surface area (Å²) in [6.07, 6.45) is -3.08. The predicted molar refractivity (Wildman–Crippen MR) is 97.2 cm³/mol. The van der Waals surface area contributed by atoms with Crippen molar-refractivity contribution >= 4 is 21.8 Å². The summed E-state index contributed by atoms with van der Waals surface area (Å²) < 4.78 is 64.5. The summed E-state index contributed by atoms with van der Waals surface area (Å²) >= 11 is 0.947. The van der Waals surface area contributed by atoms with Gasteiger partial charge in [-0.15, -0.1) is 11.8 Å². The number of aromatic nitrogens is 2. The standard InChI is InChI=1S/C17H14F3N3O2S2/c1-26-15-14(11-5-3-2-4-6-11)23(22-16(15)17(18,19)20)12-7-9-13(10-8-12)27(21,24)25/h2-10H,1H3,(H2,21,24,25). The van der Waals surface area contributed by atoms with Gasteiger partial charge in [0.1, 0.15) is 0 Å². The molecule has 27 heavy (non-hydrogen) atoms. The smallest absolute Gasteiger partial charge is 0.231 e. The highest BCUT2D eigenvalue weighted by atomic mass is 32.2. The fraction of sp³-hybridized carbons (Fsp3) is 0.118. The van der Waals surface area contributed by atoms with Crippen molar-refractivity contribution in [3.63, 3.8) is 0 Å². The number of halogens is 3. The molecular formula is C17H14F3N3O2S2. The molecule has 0 amide bonds. The van der Waals surface area contributed by atoms with Crippen LogP contribution < -0.4 is 5.14 Å². The number of thioether (sulfide) groups is 1. The second-order valence-corrected chi connectivity index (χ2v) is 7.92. The van der Waals surface area contributed by atoms with Crippen molar-refractivity contribution in [3.8, 4) is 16.9 Å². The largest absolute Gasteiger partial charge is 0.436 e. The van der Waals surface area contributed by atoms with Gasteiger partial charge in [-0.3, -0.25) is 0 Å². The summed E-state index contributed by atoms with van der Waals surface area (Å²) in [4.78, 5) is -0.148. The van der Waals surface area contributed by atoms with E-state index in [1.54, 1.807) is 36.6 Å². The lowest BCUT2D eigenvalue weighted by atomic mass is 10.1. The van der Waals surface area contributed by atoms with Crippen molar-refractivity contribution < 1.29 is 21.6 Å². The Kier molecular flexibility index (Phi) is 5.06. The molecule has 0 bridgehead atoms. The molecule has 0 radical (unpaired) electrons. The van der Waals surface area contributed by atoms with Crippen LogP contribution in [-0.2, 0) is 16.2 Å². The maximum atomic E-state index is 13.5. The zero-order chi connectivity index (χ0) is 19.8. The predicted octanol–water partition coefficient (Wildman–Crippen LogP) is 3.93. The number of hydrogen-bond acceptors (Lipinski definition) is 4. The number of sulfonamides is 1. The molecule has 0 aliphatic rings. The number of nitrogens with two attached hydrogens (primary N) is 1. The van der Waals surface area contributed by atoms with E-state index >= 15 is 0 Å². The van der Waals surface area contributed by atoms with Gasteiger partial charge in [-0.05, 0) is 30.5 Å². The van der Waals surface area contributed by atoms with Gasteiger partial charge in [0.25, 0.3) is 0 Å². The lowest BCUT2D eigenvalue weighted by Gasteiger charge is -2.10. The van der Waals surface area contributed by atoms with Gasteiger partial charge in [0.2, 0.25) is 10.0 Å². The fourth-order valence-corrected chi connectivity index (χ4v) is 3.86. The molecule has 1 heterocycles. The number of nitrogens with zero attached hydrogens (tertiary/aromatic N) is 2. The Hall–Kier alpha value is -2.30. The molecule has 10 heteroatoms. The molecule has 0 fully saturated rings. The zero-order valence-electron chi connectivity index (χ0n) is 13.9. The quantitative estimate of drug-likeness (QED) is 0.658. The number of rotatable bonds is 4. The summed E-state index contributed by atoms with van der Waals surface area (Å²) in [5.74, 6) is 0. The third kappa shape index (κ3) is 3.87. The monoisotopic (exact) mass is 413 g/mol. The van der Waals surface area contributed by atoms with Crippen LogP contribution in [0.3, 0.4) is 0 Å². The molecule has 5 nitrogen and oxygen atoms in total. The van der Waals surface area contributed by atoms with E-state index in [1.165, 1.54) is 24.3 Å². The highest BCUT2D eigenvalue weighted by molar-refractivity contribution is 7.98. The van der Waals surface area contributed by atoms with Crippen LogP contribution in [0, 0.1) is 0 Å². The average Bonchev–Trinajstić information content (AvgIpc) is 3.02. The van der Waals surface area contributed by atoms with Crippen molar-refractivity contribution in [2.24, 2.45) is 5.14 Å². The molecule has 3 aromatic rings. The number of hydrogen-bond donors (Lipinski definition) is 1. The first-order chi connectivity index (χ1) is 12.6. The molecule has 0 saturated carbocycles. The maximum absolute atomic E-state index is 13.5. The molecule has 0 aliphatic heterocycles. The minimum atomic E-state index is -4.63. The topological polar surface area (TPSA) is 78.0 Å². The third-order valence-electron chi connectivity index (χ3n) is 3.77. The van der Waals surface area contributed by atoms with E-state index < -0.39 is 21.9 Å². The van der Waals surface area contributed by atoms with E-state index in [9.17, 15) is 21.6 Å². The molecule has 1 aromatic heterocycles. The van der Waals surface area contributed by atoms with Gasteiger partial charge in [0.15, 0.2) is 5.69 Å². The zero-order valence-corrected chi connectivity index (χ0v) is 15.6. The number of benzene rings is 2.